The van der Waals surface area contributed by atoms with Crippen molar-refractivity contribution in [2.75, 3.05) is 0 Å². The summed E-state index contributed by atoms with van der Waals surface area (Å²) in [6.45, 7) is 6.44. The summed E-state index contributed by atoms with van der Waals surface area (Å²) in [6.07, 6.45) is 11.1. The van der Waals surface area contributed by atoms with E-state index in [0.29, 0.717) is 0 Å². The van der Waals surface area contributed by atoms with Gasteiger partial charge in [0.2, 0.25) is 0 Å². The van der Waals surface area contributed by atoms with Crippen LogP contribution >= 0.6 is 0 Å². The lowest BCUT2D eigenvalue weighted by Crippen LogP contribution is -2.14. The number of rotatable bonds is 1. The third kappa shape index (κ3) is 6.59. The maximum absolute atomic E-state index is 5.72. The Hall–Kier alpha value is -0.560. The molecule has 0 bridgehead atoms. The first-order chi connectivity index (χ1) is 6.24. The van der Waals surface area contributed by atoms with Gasteiger partial charge in [-0.2, -0.15) is 0 Å². The van der Waals surface area contributed by atoms with Gasteiger partial charge in [-0.25, -0.2) is 0 Å². The van der Waals surface area contributed by atoms with Crippen LogP contribution in [0.3, 0.4) is 0 Å². The van der Waals surface area contributed by atoms with Gasteiger partial charge in [0.05, 0.1) is 0 Å². The lowest BCUT2D eigenvalue weighted by Gasteiger charge is -1.98. The molecule has 0 aromatic heterocycles. The largest absolute Gasteiger partial charge is 0.324 e. The van der Waals surface area contributed by atoms with Gasteiger partial charge in [-0.1, -0.05) is 51.0 Å². The third-order valence-corrected chi connectivity index (χ3v) is 1.90. The fraction of sp³-hybridized carbons (Fsp3) is 0.667. The predicted molar refractivity (Wildman–Crippen MR) is 60.7 cm³/mol. The minimum atomic E-state index is 0.254. The number of hydrogen-bond donors (Lipinski definition) is 1. The lowest BCUT2D eigenvalue weighted by molar-refractivity contribution is 0.833. The fourth-order valence-corrected chi connectivity index (χ4v) is 1.15. The quantitative estimate of drug-likeness (QED) is 0.616. The Labute approximate surface area is 82.7 Å². The van der Waals surface area contributed by atoms with E-state index in [4.69, 9.17) is 5.73 Å². The minimum absolute atomic E-state index is 0.254. The zero-order valence-corrected chi connectivity index (χ0v) is 9.22. The summed E-state index contributed by atoms with van der Waals surface area (Å²) >= 11 is 0. The van der Waals surface area contributed by atoms with Gasteiger partial charge in [-0.05, 0) is 19.3 Å². The van der Waals surface area contributed by atoms with E-state index in [1.807, 2.05) is 0 Å². The molecule has 2 N–H and O–H groups in total. The van der Waals surface area contributed by atoms with Crippen LogP contribution in [0.25, 0.3) is 0 Å². The van der Waals surface area contributed by atoms with Gasteiger partial charge >= 0.3 is 0 Å². The van der Waals surface area contributed by atoms with Crippen molar-refractivity contribution in [3.63, 3.8) is 0 Å². The highest BCUT2D eigenvalue weighted by atomic mass is 14.6. The normalized spacial score (nSPS) is 21.2. The molecule has 0 fully saturated rings. The average molecular weight is 181 g/mol. The smallest absolute Gasteiger partial charge is 0.0258 e. The molecule has 0 aromatic carbocycles. The van der Waals surface area contributed by atoms with Crippen molar-refractivity contribution < 1.29 is 0 Å². The summed E-state index contributed by atoms with van der Waals surface area (Å²) in [5, 5.41) is 0. The maximum Gasteiger partial charge on any atom is 0.0258 e. The Morgan fingerprint density at radius 3 is 2.54 bits per heavy atom. The van der Waals surface area contributed by atoms with Crippen LogP contribution in [0.1, 0.15) is 46.5 Å². The molecule has 0 saturated heterocycles. The van der Waals surface area contributed by atoms with Gasteiger partial charge in [-0.3, -0.25) is 0 Å². The first kappa shape index (κ1) is 12.4. The van der Waals surface area contributed by atoms with Crippen LogP contribution in [0.4, 0.5) is 0 Å². The summed E-state index contributed by atoms with van der Waals surface area (Å²) in [5.74, 6) is 0. The van der Waals surface area contributed by atoms with Gasteiger partial charge in [0.15, 0.2) is 0 Å². The van der Waals surface area contributed by atoms with Gasteiger partial charge in [0.25, 0.3) is 0 Å². The average Bonchev–Trinajstić information content (AvgIpc) is 2.31. The van der Waals surface area contributed by atoms with Crippen LogP contribution in [0.15, 0.2) is 23.8 Å². The highest BCUT2D eigenvalue weighted by Gasteiger charge is 2.00. The second kappa shape index (κ2) is 8.06. The van der Waals surface area contributed by atoms with E-state index in [1.54, 1.807) is 0 Å². The van der Waals surface area contributed by atoms with E-state index in [9.17, 15) is 0 Å². The minimum Gasteiger partial charge on any atom is -0.324 e. The maximum atomic E-state index is 5.72. The van der Waals surface area contributed by atoms with Crippen molar-refractivity contribution in [3.8, 4) is 0 Å². The van der Waals surface area contributed by atoms with Crippen LogP contribution in [0, 0.1) is 0 Å². The lowest BCUT2D eigenvalue weighted by atomic mass is 10.1. The zero-order chi connectivity index (χ0) is 10.1. The summed E-state index contributed by atoms with van der Waals surface area (Å²) in [7, 11) is 0. The molecule has 0 saturated carbocycles. The second-order valence-electron chi connectivity index (χ2n) is 3.45. The van der Waals surface area contributed by atoms with E-state index in [-0.39, 0.29) is 6.04 Å². The molecule has 1 nitrogen and oxygen atoms in total. The molecule has 1 aliphatic carbocycles. The van der Waals surface area contributed by atoms with E-state index < -0.39 is 0 Å². The topological polar surface area (TPSA) is 26.0 Å². The molecular formula is C12H23N. The predicted octanol–water partition coefficient (Wildman–Crippen LogP) is 3.42. The summed E-state index contributed by atoms with van der Waals surface area (Å²) in [6, 6.07) is 0.254. The van der Waals surface area contributed by atoms with Crippen LogP contribution in [-0.2, 0) is 0 Å². The van der Waals surface area contributed by atoms with Crippen LogP contribution in [0.2, 0.25) is 0 Å². The van der Waals surface area contributed by atoms with Gasteiger partial charge in [-0.15, -0.1) is 0 Å². The Kier molecular flexibility index (Phi) is 7.71. The molecule has 0 spiro atoms. The Morgan fingerprint density at radius 2 is 2.00 bits per heavy atom. The molecule has 1 aliphatic rings. The molecule has 1 unspecified atom stereocenters. The monoisotopic (exact) mass is 181 g/mol. The van der Waals surface area contributed by atoms with E-state index in [0.717, 1.165) is 19.3 Å². The van der Waals surface area contributed by atoms with E-state index >= 15 is 0 Å². The molecule has 0 aliphatic heterocycles. The van der Waals surface area contributed by atoms with Crippen molar-refractivity contribution in [3.05, 3.63) is 23.8 Å². The fourth-order valence-electron chi connectivity index (χ4n) is 1.15. The van der Waals surface area contributed by atoms with Gasteiger partial charge in [0.1, 0.15) is 0 Å². The highest BCUT2D eigenvalue weighted by Crippen LogP contribution is 2.13. The van der Waals surface area contributed by atoms with Crippen LogP contribution in [-0.4, -0.2) is 6.04 Å². The molecule has 0 heterocycles. The molecular weight excluding hydrogens is 158 g/mol. The number of allylic oxidation sites excluding steroid dienone is 2. The van der Waals surface area contributed by atoms with Crippen molar-refractivity contribution in [2.24, 2.45) is 5.73 Å². The molecule has 1 heteroatoms. The van der Waals surface area contributed by atoms with Crippen molar-refractivity contribution in [1.29, 1.82) is 0 Å². The number of hydrogen-bond acceptors (Lipinski definition) is 1. The van der Waals surface area contributed by atoms with E-state index in [1.165, 1.54) is 12.0 Å². The Bertz CT molecular complexity index is 168. The first-order valence-corrected chi connectivity index (χ1v) is 5.34. The van der Waals surface area contributed by atoms with Crippen molar-refractivity contribution in [1.82, 2.24) is 0 Å². The molecule has 0 radical (unpaired) electrons. The summed E-state index contributed by atoms with van der Waals surface area (Å²) in [4.78, 5) is 0. The Balaban J connectivity index is 0.000000424. The van der Waals surface area contributed by atoms with Crippen molar-refractivity contribution >= 4 is 0 Å². The van der Waals surface area contributed by atoms with Crippen molar-refractivity contribution in [2.45, 2.75) is 52.5 Å². The standard InChI is InChI=1S/C9H15N.C3H8/c1-2-8-4-3-5-9(10)7-6-8;1-3-2/h3,5-6,9H,2,4,7,10H2,1H3;3H2,1-2H3. The van der Waals surface area contributed by atoms with Gasteiger partial charge in [0, 0.05) is 6.04 Å². The second-order valence-corrected chi connectivity index (χ2v) is 3.45. The molecule has 13 heavy (non-hydrogen) atoms. The zero-order valence-electron chi connectivity index (χ0n) is 9.22. The Morgan fingerprint density at radius 1 is 1.38 bits per heavy atom. The third-order valence-electron chi connectivity index (χ3n) is 1.90. The van der Waals surface area contributed by atoms with Crippen LogP contribution < -0.4 is 5.73 Å². The van der Waals surface area contributed by atoms with Crippen LogP contribution in [0.5, 0.6) is 0 Å². The molecule has 1 atom stereocenters. The summed E-state index contributed by atoms with van der Waals surface area (Å²) < 4.78 is 0. The van der Waals surface area contributed by atoms with Gasteiger partial charge < -0.3 is 5.73 Å². The molecule has 0 amide bonds. The number of nitrogens with two attached hydrogens (primary N) is 1. The molecule has 0 aromatic rings. The first-order valence-electron chi connectivity index (χ1n) is 5.34. The molecule has 1 rings (SSSR count). The SMILES string of the molecule is CCC.CCC1=CCC(N)C=CC1. The highest BCUT2D eigenvalue weighted by molar-refractivity contribution is 5.13. The molecule has 76 valence electrons. The van der Waals surface area contributed by atoms with E-state index in [2.05, 4.69) is 39.0 Å². The summed E-state index contributed by atoms with van der Waals surface area (Å²) in [5.41, 5.74) is 7.24.